The molecule has 0 aliphatic carbocycles. The number of amides is 1. The molecule has 0 aliphatic heterocycles. The molecule has 3 N–H and O–H groups in total. The van der Waals surface area contributed by atoms with Gasteiger partial charge in [-0.15, -0.1) is 0 Å². The second-order valence-electron chi connectivity index (χ2n) is 5.74. The van der Waals surface area contributed by atoms with E-state index in [0.29, 0.717) is 0 Å². The van der Waals surface area contributed by atoms with Crippen molar-refractivity contribution in [2.45, 2.75) is 52.8 Å². The lowest BCUT2D eigenvalue weighted by molar-refractivity contribution is -0.123. The molecule has 2 atom stereocenters. The minimum Gasteiger partial charge on any atom is -0.491 e. The van der Waals surface area contributed by atoms with Gasteiger partial charge in [0.25, 0.3) is 0 Å². The van der Waals surface area contributed by atoms with Crippen molar-refractivity contribution in [1.82, 2.24) is 5.32 Å². The number of carbonyl (C=O) groups is 1. The third-order valence-corrected chi connectivity index (χ3v) is 3.11. The first-order chi connectivity index (χ1) is 9.31. The van der Waals surface area contributed by atoms with Crippen LogP contribution < -0.4 is 15.8 Å². The van der Waals surface area contributed by atoms with E-state index in [-0.39, 0.29) is 24.0 Å². The zero-order valence-electron chi connectivity index (χ0n) is 13.0. The molecule has 1 rings (SSSR count). The Hall–Kier alpha value is -1.55. The predicted octanol–water partition coefficient (Wildman–Crippen LogP) is 2.63. The summed E-state index contributed by atoms with van der Waals surface area (Å²) in [5, 5.41) is 2.94. The van der Waals surface area contributed by atoms with Gasteiger partial charge < -0.3 is 15.8 Å². The lowest BCUT2D eigenvalue weighted by Gasteiger charge is -2.20. The normalized spacial score (nSPS) is 14.2. The molecule has 4 heteroatoms. The van der Waals surface area contributed by atoms with Crippen LogP contribution in [0.25, 0.3) is 0 Å². The van der Waals surface area contributed by atoms with Crippen molar-refractivity contribution in [2.24, 2.45) is 11.7 Å². The first kappa shape index (κ1) is 16.5. The molecule has 20 heavy (non-hydrogen) atoms. The smallest absolute Gasteiger partial charge is 0.237 e. The van der Waals surface area contributed by atoms with E-state index in [2.05, 4.69) is 5.32 Å². The van der Waals surface area contributed by atoms with E-state index in [1.807, 2.05) is 58.9 Å². The fourth-order valence-electron chi connectivity index (χ4n) is 1.83. The molecule has 0 fully saturated rings. The maximum Gasteiger partial charge on any atom is 0.237 e. The molecule has 0 aliphatic rings. The van der Waals surface area contributed by atoms with Gasteiger partial charge in [-0.2, -0.15) is 0 Å². The average Bonchev–Trinajstić information content (AvgIpc) is 2.37. The van der Waals surface area contributed by atoms with Crippen LogP contribution in [0.15, 0.2) is 24.3 Å². The highest BCUT2D eigenvalue weighted by Gasteiger charge is 2.19. The van der Waals surface area contributed by atoms with Crippen LogP contribution in [0.3, 0.4) is 0 Å². The summed E-state index contributed by atoms with van der Waals surface area (Å²) < 4.78 is 5.66. The summed E-state index contributed by atoms with van der Waals surface area (Å²) in [5.41, 5.74) is 6.85. The SMILES string of the molecule is CC(C)Oc1cccc(C(C)NC(=O)[C@H](N)C(C)C)c1. The van der Waals surface area contributed by atoms with Gasteiger partial charge in [0, 0.05) is 0 Å². The molecule has 0 spiro atoms. The summed E-state index contributed by atoms with van der Waals surface area (Å²) in [6, 6.07) is 7.19. The first-order valence-corrected chi connectivity index (χ1v) is 7.13. The molecule has 0 bridgehead atoms. The summed E-state index contributed by atoms with van der Waals surface area (Å²) in [7, 11) is 0. The molecule has 0 saturated carbocycles. The Labute approximate surface area is 121 Å². The van der Waals surface area contributed by atoms with E-state index in [1.54, 1.807) is 0 Å². The van der Waals surface area contributed by atoms with E-state index < -0.39 is 6.04 Å². The van der Waals surface area contributed by atoms with Crippen LogP contribution in [0.4, 0.5) is 0 Å². The monoisotopic (exact) mass is 278 g/mol. The van der Waals surface area contributed by atoms with Gasteiger partial charge in [-0.05, 0) is 44.4 Å². The Morgan fingerprint density at radius 2 is 1.85 bits per heavy atom. The number of hydrogen-bond acceptors (Lipinski definition) is 3. The Balaban J connectivity index is 2.72. The van der Waals surface area contributed by atoms with Crippen LogP contribution >= 0.6 is 0 Å². The third-order valence-electron chi connectivity index (χ3n) is 3.11. The van der Waals surface area contributed by atoms with Crippen molar-refractivity contribution in [3.05, 3.63) is 29.8 Å². The summed E-state index contributed by atoms with van der Waals surface area (Å²) >= 11 is 0. The second-order valence-corrected chi connectivity index (χ2v) is 5.74. The molecular formula is C16H26N2O2. The number of benzene rings is 1. The molecule has 0 radical (unpaired) electrons. The largest absolute Gasteiger partial charge is 0.491 e. The molecule has 1 aromatic carbocycles. The van der Waals surface area contributed by atoms with Crippen LogP contribution in [-0.2, 0) is 4.79 Å². The van der Waals surface area contributed by atoms with Gasteiger partial charge in [0.1, 0.15) is 5.75 Å². The molecule has 1 aromatic rings. The standard InChI is InChI=1S/C16H26N2O2/c1-10(2)15(17)16(19)18-12(5)13-7-6-8-14(9-13)20-11(3)4/h6-12,15H,17H2,1-5H3,(H,18,19)/t12?,15-/m1/s1. The van der Waals surface area contributed by atoms with E-state index in [1.165, 1.54) is 0 Å². The maximum atomic E-state index is 12.0. The Kier molecular flexibility index (Phi) is 6.02. The Bertz CT molecular complexity index is 444. The van der Waals surface area contributed by atoms with E-state index >= 15 is 0 Å². The number of ether oxygens (including phenoxy) is 1. The third kappa shape index (κ3) is 4.85. The lowest BCUT2D eigenvalue weighted by Crippen LogP contribution is -2.44. The summed E-state index contributed by atoms with van der Waals surface area (Å²) in [6.45, 7) is 9.79. The summed E-state index contributed by atoms with van der Waals surface area (Å²) in [6.07, 6.45) is 0.129. The molecule has 1 unspecified atom stereocenters. The highest BCUT2D eigenvalue weighted by Crippen LogP contribution is 2.20. The molecule has 0 aromatic heterocycles. The van der Waals surface area contributed by atoms with Crippen molar-refractivity contribution in [1.29, 1.82) is 0 Å². The van der Waals surface area contributed by atoms with Crippen LogP contribution in [0, 0.1) is 5.92 Å². The fourth-order valence-corrected chi connectivity index (χ4v) is 1.83. The highest BCUT2D eigenvalue weighted by molar-refractivity contribution is 5.82. The number of hydrogen-bond donors (Lipinski definition) is 2. The van der Waals surface area contributed by atoms with Crippen LogP contribution in [-0.4, -0.2) is 18.1 Å². The Morgan fingerprint density at radius 1 is 1.20 bits per heavy atom. The molecular weight excluding hydrogens is 252 g/mol. The first-order valence-electron chi connectivity index (χ1n) is 7.13. The van der Waals surface area contributed by atoms with E-state index in [0.717, 1.165) is 11.3 Å². The highest BCUT2D eigenvalue weighted by atomic mass is 16.5. The topological polar surface area (TPSA) is 64.3 Å². The molecule has 1 amide bonds. The minimum absolute atomic E-state index is 0.0944. The number of carbonyl (C=O) groups excluding carboxylic acids is 1. The van der Waals surface area contributed by atoms with Crippen molar-refractivity contribution >= 4 is 5.91 Å². The van der Waals surface area contributed by atoms with E-state index in [9.17, 15) is 4.79 Å². The van der Waals surface area contributed by atoms with Crippen molar-refractivity contribution < 1.29 is 9.53 Å². The van der Waals surface area contributed by atoms with Gasteiger partial charge in [0.15, 0.2) is 0 Å². The predicted molar refractivity (Wildman–Crippen MR) is 81.6 cm³/mol. The van der Waals surface area contributed by atoms with Gasteiger partial charge in [-0.1, -0.05) is 26.0 Å². The summed E-state index contributed by atoms with van der Waals surface area (Å²) in [5.74, 6) is 0.812. The minimum atomic E-state index is -0.479. The Morgan fingerprint density at radius 3 is 2.40 bits per heavy atom. The fraction of sp³-hybridized carbons (Fsp3) is 0.562. The lowest BCUT2D eigenvalue weighted by atomic mass is 10.0. The van der Waals surface area contributed by atoms with Crippen molar-refractivity contribution in [2.75, 3.05) is 0 Å². The molecule has 0 saturated heterocycles. The molecule has 0 heterocycles. The summed E-state index contributed by atoms with van der Waals surface area (Å²) in [4.78, 5) is 12.0. The number of rotatable bonds is 6. The zero-order chi connectivity index (χ0) is 15.3. The van der Waals surface area contributed by atoms with Gasteiger partial charge in [0.05, 0.1) is 18.2 Å². The van der Waals surface area contributed by atoms with Gasteiger partial charge in [-0.25, -0.2) is 0 Å². The van der Waals surface area contributed by atoms with Crippen molar-refractivity contribution in [3.63, 3.8) is 0 Å². The van der Waals surface area contributed by atoms with Crippen molar-refractivity contribution in [3.8, 4) is 5.75 Å². The average molecular weight is 278 g/mol. The second kappa shape index (κ2) is 7.29. The molecule has 4 nitrogen and oxygen atoms in total. The number of nitrogens with two attached hydrogens (primary N) is 1. The van der Waals surface area contributed by atoms with Crippen LogP contribution in [0.2, 0.25) is 0 Å². The van der Waals surface area contributed by atoms with Crippen LogP contribution in [0.1, 0.15) is 46.2 Å². The quantitative estimate of drug-likeness (QED) is 0.840. The van der Waals surface area contributed by atoms with Gasteiger partial charge in [0.2, 0.25) is 5.91 Å². The van der Waals surface area contributed by atoms with Gasteiger partial charge in [-0.3, -0.25) is 4.79 Å². The number of nitrogens with one attached hydrogen (secondary N) is 1. The zero-order valence-corrected chi connectivity index (χ0v) is 13.0. The van der Waals surface area contributed by atoms with Crippen LogP contribution in [0.5, 0.6) is 5.75 Å². The van der Waals surface area contributed by atoms with Gasteiger partial charge >= 0.3 is 0 Å². The van der Waals surface area contributed by atoms with E-state index in [4.69, 9.17) is 10.5 Å². The molecule has 112 valence electrons. The maximum absolute atomic E-state index is 12.0.